The van der Waals surface area contributed by atoms with Crippen molar-refractivity contribution < 1.29 is 9.59 Å². The van der Waals surface area contributed by atoms with Crippen LogP contribution < -0.4 is 5.32 Å². The van der Waals surface area contributed by atoms with Crippen LogP contribution in [0.4, 0.5) is 5.69 Å². The molecule has 1 aliphatic rings. The Hall–Kier alpha value is -1.49. The molecule has 0 saturated carbocycles. The van der Waals surface area contributed by atoms with E-state index in [0.29, 0.717) is 11.6 Å². The van der Waals surface area contributed by atoms with Crippen LogP contribution in [0, 0.1) is 13.8 Å². The monoisotopic (exact) mass is 264 g/mol. The lowest BCUT2D eigenvalue weighted by Crippen LogP contribution is -2.34. The molecule has 1 aromatic rings. The first-order chi connectivity index (χ1) is 8.54. The molecule has 2 amide bonds. The highest BCUT2D eigenvalue weighted by atomic mass is 32.2. The third-order valence-electron chi connectivity index (χ3n) is 2.67. The molecule has 1 fully saturated rings. The number of thioether (sulfide) groups is 1. The Bertz CT molecular complexity index is 468. The lowest BCUT2D eigenvalue weighted by atomic mass is 10.1. The Morgan fingerprint density at radius 1 is 1.33 bits per heavy atom. The fraction of sp³-hybridized carbons (Fsp3) is 0.385. The summed E-state index contributed by atoms with van der Waals surface area (Å²) < 4.78 is 0. The molecule has 2 rings (SSSR count). The lowest BCUT2D eigenvalue weighted by Gasteiger charge is -2.14. The van der Waals surface area contributed by atoms with Gasteiger partial charge in [-0.1, -0.05) is 6.07 Å². The second kappa shape index (κ2) is 5.44. The maximum absolute atomic E-state index is 11.8. The summed E-state index contributed by atoms with van der Waals surface area (Å²) in [6, 6.07) is 5.90. The minimum atomic E-state index is -0.143. The molecule has 1 aliphatic heterocycles. The first kappa shape index (κ1) is 13.0. The Morgan fingerprint density at radius 3 is 2.56 bits per heavy atom. The van der Waals surface area contributed by atoms with E-state index in [1.165, 1.54) is 11.8 Å². The van der Waals surface area contributed by atoms with Crippen LogP contribution >= 0.6 is 11.8 Å². The van der Waals surface area contributed by atoms with Gasteiger partial charge in [-0.15, -0.1) is 11.8 Å². The molecule has 4 nitrogen and oxygen atoms in total. The number of nitrogens with one attached hydrogen (secondary N) is 1. The largest absolute Gasteiger partial charge is 0.325 e. The standard InChI is InChI=1S/C13H16N2O2S/c1-9-3-10(2)5-11(4-9)14-12(16)6-15-8-18-7-13(15)17/h3-5H,6-8H2,1-2H3,(H,14,16). The number of amides is 2. The summed E-state index contributed by atoms with van der Waals surface area (Å²) in [6.45, 7) is 4.12. The SMILES string of the molecule is Cc1cc(C)cc(NC(=O)CN2CSCC2=O)c1. The second-order valence-corrected chi connectivity index (χ2v) is 5.45. The smallest absolute Gasteiger partial charge is 0.244 e. The summed E-state index contributed by atoms with van der Waals surface area (Å²) in [7, 11) is 0. The highest BCUT2D eigenvalue weighted by Gasteiger charge is 2.22. The summed E-state index contributed by atoms with van der Waals surface area (Å²) in [5.74, 6) is 0.988. The van der Waals surface area contributed by atoms with E-state index in [1.807, 2.05) is 26.0 Å². The zero-order valence-electron chi connectivity index (χ0n) is 10.5. The predicted octanol–water partition coefficient (Wildman–Crippen LogP) is 1.77. The van der Waals surface area contributed by atoms with Crippen molar-refractivity contribution >= 4 is 29.3 Å². The van der Waals surface area contributed by atoms with Gasteiger partial charge in [0.15, 0.2) is 0 Å². The first-order valence-electron chi connectivity index (χ1n) is 5.78. The molecule has 18 heavy (non-hydrogen) atoms. The first-order valence-corrected chi connectivity index (χ1v) is 6.94. The van der Waals surface area contributed by atoms with Crippen LogP contribution in [0.25, 0.3) is 0 Å². The van der Waals surface area contributed by atoms with Gasteiger partial charge >= 0.3 is 0 Å². The minimum Gasteiger partial charge on any atom is -0.325 e. The molecule has 0 radical (unpaired) electrons. The molecule has 0 bridgehead atoms. The Morgan fingerprint density at radius 2 is 2.00 bits per heavy atom. The van der Waals surface area contributed by atoms with E-state index in [0.717, 1.165) is 16.8 Å². The number of rotatable bonds is 3. The number of hydrogen-bond donors (Lipinski definition) is 1. The molecule has 5 heteroatoms. The van der Waals surface area contributed by atoms with Gasteiger partial charge in [-0.25, -0.2) is 0 Å². The third-order valence-corrected chi connectivity index (χ3v) is 3.61. The van der Waals surface area contributed by atoms with Gasteiger partial charge in [-0.3, -0.25) is 9.59 Å². The van der Waals surface area contributed by atoms with Crippen molar-refractivity contribution in [2.75, 3.05) is 23.5 Å². The van der Waals surface area contributed by atoms with Crippen LogP contribution in [-0.4, -0.2) is 34.9 Å². The highest BCUT2D eigenvalue weighted by Crippen LogP contribution is 2.16. The van der Waals surface area contributed by atoms with Gasteiger partial charge in [0.25, 0.3) is 0 Å². The van der Waals surface area contributed by atoms with Gasteiger partial charge in [-0.2, -0.15) is 0 Å². The average molecular weight is 264 g/mol. The number of carbonyl (C=O) groups is 2. The summed E-state index contributed by atoms with van der Waals surface area (Å²) in [5, 5.41) is 2.83. The second-order valence-electron chi connectivity index (χ2n) is 4.49. The number of aryl methyl sites for hydroxylation is 2. The summed E-state index contributed by atoms with van der Waals surface area (Å²) >= 11 is 1.54. The average Bonchev–Trinajstić information content (AvgIpc) is 2.62. The summed E-state index contributed by atoms with van der Waals surface area (Å²) in [6.07, 6.45) is 0. The van der Waals surface area contributed by atoms with Crippen LogP contribution in [0.15, 0.2) is 18.2 Å². The van der Waals surface area contributed by atoms with E-state index in [1.54, 1.807) is 4.90 Å². The van der Waals surface area contributed by atoms with E-state index >= 15 is 0 Å². The molecule has 1 saturated heterocycles. The van der Waals surface area contributed by atoms with E-state index < -0.39 is 0 Å². The summed E-state index contributed by atoms with van der Waals surface area (Å²) in [5.41, 5.74) is 3.01. The molecular formula is C13H16N2O2S. The van der Waals surface area contributed by atoms with Crippen molar-refractivity contribution in [1.82, 2.24) is 4.90 Å². The Kier molecular flexibility index (Phi) is 3.91. The predicted molar refractivity (Wildman–Crippen MR) is 73.6 cm³/mol. The zero-order chi connectivity index (χ0) is 13.1. The number of nitrogens with zero attached hydrogens (tertiary/aromatic N) is 1. The van der Waals surface area contributed by atoms with Gasteiger partial charge in [-0.05, 0) is 37.1 Å². The summed E-state index contributed by atoms with van der Waals surface area (Å²) in [4.78, 5) is 24.8. The number of benzene rings is 1. The molecule has 1 heterocycles. The number of hydrogen-bond acceptors (Lipinski definition) is 3. The van der Waals surface area contributed by atoms with Crippen LogP contribution in [0.2, 0.25) is 0 Å². The van der Waals surface area contributed by atoms with Crippen LogP contribution in [-0.2, 0) is 9.59 Å². The van der Waals surface area contributed by atoms with Crippen LogP contribution in [0.1, 0.15) is 11.1 Å². The van der Waals surface area contributed by atoms with Crippen molar-refractivity contribution in [2.45, 2.75) is 13.8 Å². The van der Waals surface area contributed by atoms with E-state index in [4.69, 9.17) is 0 Å². The fourth-order valence-electron chi connectivity index (χ4n) is 1.96. The van der Waals surface area contributed by atoms with Crippen molar-refractivity contribution in [3.05, 3.63) is 29.3 Å². The van der Waals surface area contributed by atoms with Gasteiger partial charge in [0.2, 0.25) is 11.8 Å². The minimum absolute atomic E-state index is 0.0376. The third kappa shape index (κ3) is 3.26. The van der Waals surface area contributed by atoms with Crippen molar-refractivity contribution in [3.8, 4) is 0 Å². The Balaban J connectivity index is 1.96. The molecular weight excluding hydrogens is 248 g/mol. The molecule has 0 spiro atoms. The van der Waals surface area contributed by atoms with Crippen molar-refractivity contribution in [3.63, 3.8) is 0 Å². The Labute approximate surface area is 111 Å². The van der Waals surface area contributed by atoms with E-state index in [-0.39, 0.29) is 18.4 Å². The van der Waals surface area contributed by atoms with Gasteiger partial charge < -0.3 is 10.2 Å². The maximum atomic E-state index is 11.8. The number of carbonyl (C=O) groups excluding carboxylic acids is 2. The molecule has 0 aromatic heterocycles. The molecule has 0 atom stereocenters. The quantitative estimate of drug-likeness (QED) is 0.905. The van der Waals surface area contributed by atoms with Crippen molar-refractivity contribution in [2.24, 2.45) is 0 Å². The number of anilines is 1. The van der Waals surface area contributed by atoms with Crippen molar-refractivity contribution in [1.29, 1.82) is 0 Å². The normalized spacial score (nSPS) is 15.0. The molecule has 96 valence electrons. The molecule has 1 aromatic carbocycles. The topological polar surface area (TPSA) is 49.4 Å². The van der Waals surface area contributed by atoms with Crippen LogP contribution in [0.3, 0.4) is 0 Å². The van der Waals surface area contributed by atoms with E-state index in [2.05, 4.69) is 11.4 Å². The van der Waals surface area contributed by atoms with Crippen LogP contribution in [0.5, 0.6) is 0 Å². The molecule has 0 aliphatic carbocycles. The maximum Gasteiger partial charge on any atom is 0.244 e. The zero-order valence-corrected chi connectivity index (χ0v) is 11.3. The molecule has 1 N–H and O–H groups in total. The highest BCUT2D eigenvalue weighted by molar-refractivity contribution is 8.00. The fourth-order valence-corrected chi connectivity index (χ4v) is 2.87. The van der Waals surface area contributed by atoms with Gasteiger partial charge in [0, 0.05) is 5.69 Å². The van der Waals surface area contributed by atoms with Gasteiger partial charge in [0.1, 0.15) is 6.54 Å². The molecule has 0 unspecified atom stereocenters. The lowest BCUT2D eigenvalue weighted by molar-refractivity contribution is -0.130. The van der Waals surface area contributed by atoms with Gasteiger partial charge in [0.05, 0.1) is 11.6 Å². The van der Waals surface area contributed by atoms with E-state index in [9.17, 15) is 9.59 Å².